The van der Waals surface area contributed by atoms with Crippen LogP contribution >= 0.6 is 24.2 Å². The summed E-state index contributed by atoms with van der Waals surface area (Å²) >= 11 is 1.94. The molecular weight excluding hydrogens is 232 g/mol. The van der Waals surface area contributed by atoms with Crippen molar-refractivity contribution in [2.75, 3.05) is 12.3 Å². The Labute approximate surface area is 103 Å². The smallest absolute Gasteiger partial charge is 0.224 e. The molecule has 90 valence electrons. The fourth-order valence-corrected chi connectivity index (χ4v) is 2.78. The lowest BCUT2D eigenvalue weighted by Gasteiger charge is -2.37. The number of carbonyl (C=O) groups is 1. The maximum Gasteiger partial charge on any atom is 0.224 e. The first-order valence-electron chi connectivity index (χ1n) is 5.19. The molecule has 0 bridgehead atoms. The lowest BCUT2D eigenvalue weighted by atomic mass is 10.1. The third-order valence-electron chi connectivity index (χ3n) is 2.70. The van der Waals surface area contributed by atoms with Gasteiger partial charge in [-0.1, -0.05) is 6.92 Å². The van der Waals surface area contributed by atoms with Gasteiger partial charge in [-0.3, -0.25) is 4.79 Å². The van der Waals surface area contributed by atoms with Crippen molar-refractivity contribution in [3.8, 4) is 0 Å². The summed E-state index contributed by atoms with van der Waals surface area (Å²) in [5.74, 6) is 1.26. The highest BCUT2D eigenvalue weighted by Gasteiger charge is 2.28. The normalized spacial score (nSPS) is 28.1. The molecule has 15 heavy (non-hydrogen) atoms. The summed E-state index contributed by atoms with van der Waals surface area (Å²) in [6.07, 6.45) is 0.474. The zero-order valence-electron chi connectivity index (χ0n) is 9.60. The lowest BCUT2D eigenvalue weighted by molar-refractivity contribution is -0.133. The molecule has 3 atom stereocenters. The van der Waals surface area contributed by atoms with Gasteiger partial charge in [0.25, 0.3) is 0 Å². The van der Waals surface area contributed by atoms with Crippen LogP contribution in [0.3, 0.4) is 0 Å². The first kappa shape index (κ1) is 15.1. The predicted molar refractivity (Wildman–Crippen MR) is 68.6 cm³/mol. The Morgan fingerprint density at radius 1 is 1.60 bits per heavy atom. The Kier molecular flexibility index (Phi) is 6.64. The molecule has 0 aromatic heterocycles. The molecule has 0 radical (unpaired) electrons. The maximum absolute atomic E-state index is 11.8. The lowest BCUT2D eigenvalue weighted by Crippen LogP contribution is -2.49. The molecule has 1 amide bonds. The predicted octanol–water partition coefficient (Wildman–Crippen LogP) is 1.50. The Bertz CT molecular complexity index is 214. The molecule has 1 saturated heterocycles. The molecule has 5 heteroatoms. The third-order valence-corrected chi connectivity index (χ3v) is 4.04. The van der Waals surface area contributed by atoms with Gasteiger partial charge in [0, 0.05) is 36.1 Å². The molecule has 1 aliphatic heterocycles. The highest BCUT2D eigenvalue weighted by Crippen LogP contribution is 2.24. The van der Waals surface area contributed by atoms with Gasteiger partial charge in [0.2, 0.25) is 5.91 Å². The largest absolute Gasteiger partial charge is 0.338 e. The highest BCUT2D eigenvalue weighted by molar-refractivity contribution is 8.00. The van der Waals surface area contributed by atoms with Gasteiger partial charge in [-0.15, -0.1) is 12.4 Å². The van der Waals surface area contributed by atoms with Crippen molar-refractivity contribution in [2.45, 2.75) is 44.5 Å². The number of nitrogens with two attached hydrogens (primary N) is 1. The summed E-state index contributed by atoms with van der Waals surface area (Å²) in [5.41, 5.74) is 5.63. The van der Waals surface area contributed by atoms with E-state index < -0.39 is 0 Å². The first-order valence-corrected chi connectivity index (χ1v) is 6.24. The van der Waals surface area contributed by atoms with Gasteiger partial charge >= 0.3 is 0 Å². The van der Waals surface area contributed by atoms with E-state index in [-0.39, 0.29) is 24.4 Å². The van der Waals surface area contributed by atoms with E-state index >= 15 is 0 Å². The molecule has 0 aromatic rings. The second-order valence-electron chi connectivity index (χ2n) is 4.09. The van der Waals surface area contributed by atoms with E-state index in [0.29, 0.717) is 17.7 Å². The maximum atomic E-state index is 11.8. The van der Waals surface area contributed by atoms with Crippen molar-refractivity contribution in [2.24, 2.45) is 5.73 Å². The van der Waals surface area contributed by atoms with Crippen LogP contribution in [0.25, 0.3) is 0 Å². The van der Waals surface area contributed by atoms with E-state index in [4.69, 9.17) is 5.73 Å². The number of rotatable bonds is 2. The van der Waals surface area contributed by atoms with Gasteiger partial charge in [0.1, 0.15) is 0 Å². The summed E-state index contributed by atoms with van der Waals surface area (Å²) in [5, 5.41) is 0.542. The van der Waals surface area contributed by atoms with Crippen LogP contribution in [0.4, 0.5) is 0 Å². The van der Waals surface area contributed by atoms with Crippen LogP contribution in [-0.2, 0) is 4.79 Å². The molecule has 2 N–H and O–H groups in total. The minimum absolute atomic E-state index is 0. The number of carbonyl (C=O) groups excluding carboxylic acids is 1. The van der Waals surface area contributed by atoms with E-state index in [0.717, 1.165) is 12.3 Å². The minimum atomic E-state index is -0.0282. The number of hydrogen-bond acceptors (Lipinski definition) is 3. The summed E-state index contributed by atoms with van der Waals surface area (Å²) < 4.78 is 0. The van der Waals surface area contributed by atoms with Gasteiger partial charge in [0.15, 0.2) is 0 Å². The average Bonchev–Trinajstić information content (AvgIpc) is 2.08. The molecule has 1 rings (SSSR count). The number of halogens is 1. The number of amides is 1. The van der Waals surface area contributed by atoms with Crippen molar-refractivity contribution in [1.82, 2.24) is 4.90 Å². The Morgan fingerprint density at radius 2 is 2.20 bits per heavy atom. The summed E-state index contributed by atoms with van der Waals surface area (Å²) in [6.45, 7) is 7.06. The Balaban J connectivity index is 0.00000196. The molecule has 1 heterocycles. The van der Waals surface area contributed by atoms with Crippen molar-refractivity contribution >= 4 is 30.1 Å². The Morgan fingerprint density at radius 3 is 2.73 bits per heavy atom. The molecule has 0 aromatic carbocycles. The second kappa shape index (κ2) is 6.61. The van der Waals surface area contributed by atoms with Gasteiger partial charge in [-0.25, -0.2) is 0 Å². The zero-order valence-corrected chi connectivity index (χ0v) is 11.2. The first-order chi connectivity index (χ1) is 6.52. The van der Waals surface area contributed by atoms with Gasteiger partial charge in [-0.2, -0.15) is 11.8 Å². The fraction of sp³-hybridized carbons (Fsp3) is 0.900. The van der Waals surface area contributed by atoms with E-state index in [1.165, 1.54) is 0 Å². The molecule has 1 aliphatic rings. The standard InChI is InChI=1S/C10H20N2OS.ClH/c1-7(11)6-10(13)12-4-5-14-9(3)8(12)2;/h7-9H,4-6,11H2,1-3H3;1H. The molecule has 0 spiro atoms. The van der Waals surface area contributed by atoms with Gasteiger partial charge in [0.05, 0.1) is 0 Å². The number of nitrogens with zero attached hydrogens (tertiary/aromatic N) is 1. The molecule has 1 fully saturated rings. The van der Waals surface area contributed by atoms with Crippen LogP contribution in [0.15, 0.2) is 0 Å². The van der Waals surface area contributed by atoms with E-state index in [1.54, 1.807) is 0 Å². The highest BCUT2D eigenvalue weighted by atomic mass is 35.5. The van der Waals surface area contributed by atoms with Crippen LogP contribution in [0.1, 0.15) is 27.2 Å². The van der Waals surface area contributed by atoms with Crippen LogP contribution < -0.4 is 5.73 Å². The van der Waals surface area contributed by atoms with Crippen molar-refractivity contribution in [3.63, 3.8) is 0 Å². The average molecular weight is 253 g/mol. The van der Waals surface area contributed by atoms with Crippen LogP contribution in [0, 0.1) is 0 Å². The van der Waals surface area contributed by atoms with Crippen LogP contribution in [-0.4, -0.2) is 40.4 Å². The van der Waals surface area contributed by atoms with Crippen molar-refractivity contribution in [3.05, 3.63) is 0 Å². The quantitative estimate of drug-likeness (QED) is 0.810. The second-order valence-corrected chi connectivity index (χ2v) is 5.57. The monoisotopic (exact) mass is 252 g/mol. The Hall–Kier alpha value is 0.0700. The van der Waals surface area contributed by atoms with Crippen LogP contribution in [0.2, 0.25) is 0 Å². The van der Waals surface area contributed by atoms with Crippen molar-refractivity contribution < 1.29 is 4.79 Å². The van der Waals surface area contributed by atoms with Crippen molar-refractivity contribution in [1.29, 1.82) is 0 Å². The molecule has 0 aliphatic carbocycles. The SMILES string of the molecule is CC(N)CC(=O)N1CCSC(C)C1C.Cl. The topological polar surface area (TPSA) is 46.3 Å². The third kappa shape index (κ3) is 4.21. The minimum Gasteiger partial charge on any atom is -0.338 e. The van der Waals surface area contributed by atoms with E-state index in [1.807, 2.05) is 23.6 Å². The zero-order chi connectivity index (χ0) is 10.7. The molecule has 3 unspecified atom stereocenters. The summed E-state index contributed by atoms with van der Waals surface area (Å²) in [4.78, 5) is 13.8. The molecule has 3 nitrogen and oxygen atoms in total. The summed E-state index contributed by atoms with van der Waals surface area (Å²) in [7, 11) is 0. The van der Waals surface area contributed by atoms with E-state index in [9.17, 15) is 4.79 Å². The van der Waals surface area contributed by atoms with Gasteiger partial charge in [-0.05, 0) is 13.8 Å². The molecular formula is C10H21ClN2OS. The number of thioether (sulfide) groups is 1. The van der Waals surface area contributed by atoms with Crippen LogP contribution in [0.5, 0.6) is 0 Å². The summed E-state index contributed by atoms with van der Waals surface area (Å²) in [6, 6.07) is 0.319. The number of hydrogen-bond donors (Lipinski definition) is 1. The van der Waals surface area contributed by atoms with Gasteiger partial charge < -0.3 is 10.6 Å². The van der Waals surface area contributed by atoms with E-state index in [2.05, 4.69) is 13.8 Å². The molecule has 0 saturated carbocycles. The fourth-order valence-electron chi connectivity index (χ4n) is 1.68.